The molecule has 3 aromatic carbocycles. The molecule has 0 aromatic heterocycles. The molecule has 0 amide bonds. The molecular weight excluding hydrogens is 477 g/mol. The molecule has 0 spiro atoms. The average Bonchev–Trinajstić information content (AvgIpc) is 2.74. The van der Waals surface area contributed by atoms with E-state index in [1.165, 1.54) is 0 Å². The minimum Gasteiger partial charge on any atom is -0.490 e. The van der Waals surface area contributed by atoms with E-state index in [-0.39, 0.29) is 0 Å². The van der Waals surface area contributed by atoms with Crippen LogP contribution in [-0.2, 0) is 0 Å². The summed E-state index contributed by atoms with van der Waals surface area (Å²) in [6, 6.07) is 21.4. The molecule has 29 heavy (non-hydrogen) atoms. The zero-order chi connectivity index (χ0) is 20.5. The SMILES string of the molecule is CCCOc1c(I)cc(C=Nc2ccc(Oc3ccccc3)cc2)cc1OCC. The molecule has 3 aromatic rings. The van der Waals surface area contributed by atoms with Gasteiger partial charge in [0.2, 0.25) is 0 Å². The predicted octanol–water partition coefficient (Wildman–Crippen LogP) is 7.02. The quantitative estimate of drug-likeness (QED) is 0.234. The number of benzene rings is 3. The summed E-state index contributed by atoms with van der Waals surface area (Å²) < 4.78 is 18.5. The van der Waals surface area contributed by atoms with Crippen molar-refractivity contribution in [2.75, 3.05) is 13.2 Å². The molecule has 0 radical (unpaired) electrons. The molecule has 0 saturated heterocycles. The van der Waals surface area contributed by atoms with Crippen LogP contribution in [0.5, 0.6) is 23.0 Å². The molecule has 0 unspecified atom stereocenters. The highest BCUT2D eigenvalue weighted by atomic mass is 127. The first-order chi connectivity index (χ1) is 14.2. The van der Waals surface area contributed by atoms with Gasteiger partial charge in [0.05, 0.1) is 22.5 Å². The van der Waals surface area contributed by atoms with E-state index in [4.69, 9.17) is 14.2 Å². The van der Waals surface area contributed by atoms with Gasteiger partial charge in [-0.15, -0.1) is 0 Å². The Balaban J connectivity index is 1.73. The fraction of sp³-hybridized carbons (Fsp3) is 0.208. The van der Waals surface area contributed by atoms with Gasteiger partial charge in [-0.3, -0.25) is 4.99 Å². The lowest BCUT2D eigenvalue weighted by molar-refractivity contribution is 0.275. The van der Waals surface area contributed by atoms with Crippen molar-refractivity contribution in [2.45, 2.75) is 20.3 Å². The fourth-order valence-corrected chi connectivity index (χ4v) is 3.42. The minimum absolute atomic E-state index is 0.585. The Morgan fingerprint density at radius 2 is 1.62 bits per heavy atom. The van der Waals surface area contributed by atoms with Crippen molar-refractivity contribution in [3.8, 4) is 23.0 Å². The maximum Gasteiger partial charge on any atom is 0.174 e. The second-order valence-electron chi connectivity index (χ2n) is 6.28. The zero-order valence-electron chi connectivity index (χ0n) is 16.6. The third-order valence-corrected chi connectivity index (χ3v) is 4.76. The topological polar surface area (TPSA) is 40.0 Å². The van der Waals surface area contributed by atoms with Crippen LogP contribution >= 0.6 is 22.6 Å². The molecule has 5 heteroatoms. The molecule has 4 nitrogen and oxygen atoms in total. The number of aliphatic imine (C=N–C) groups is 1. The van der Waals surface area contributed by atoms with E-state index in [1.54, 1.807) is 0 Å². The second kappa shape index (κ2) is 10.9. The van der Waals surface area contributed by atoms with E-state index >= 15 is 0 Å². The maximum atomic E-state index is 5.86. The molecule has 0 bridgehead atoms. The number of halogens is 1. The van der Waals surface area contributed by atoms with Gasteiger partial charge in [0.1, 0.15) is 11.5 Å². The highest BCUT2D eigenvalue weighted by molar-refractivity contribution is 14.1. The molecule has 0 atom stereocenters. The van der Waals surface area contributed by atoms with Crippen molar-refractivity contribution in [2.24, 2.45) is 4.99 Å². The van der Waals surface area contributed by atoms with E-state index in [0.717, 1.165) is 44.2 Å². The van der Waals surface area contributed by atoms with Crippen LogP contribution in [0.2, 0.25) is 0 Å². The lowest BCUT2D eigenvalue weighted by Gasteiger charge is -2.14. The number of hydrogen-bond donors (Lipinski definition) is 0. The van der Waals surface area contributed by atoms with Crippen LogP contribution < -0.4 is 14.2 Å². The van der Waals surface area contributed by atoms with Gasteiger partial charge in [-0.1, -0.05) is 25.1 Å². The fourth-order valence-electron chi connectivity index (χ4n) is 2.64. The number of hydrogen-bond acceptors (Lipinski definition) is 4. The average molecular weight is 501 g/mol. The molecule has 3 rings (SSSR count). The van der Waals surface area contributed by atoms with Crippen molar-refractivity contribution in [1.29, 1.82) is 0 Å². The molecule has 0 aliphatic heterocycles. The number of rotatable bonds is 9. The lowest BCUT2D eigenvalue weighted by atomic mass is 10.2. The smallest absolute Gasteiger partial charge is 0.174 e. The summed E-state index contributed by atoms with van der Waals surface area (Å²) in [5.41, 5.74) is 1.82. The predicted molar refractivity (Wildman–Crippen MR) is 126 cm³/mol. The van der Waals surface area contributed by atoms with Crippen LogP contribution in [0.4, 0.5) is 5.69 Å². The Morgan fingerprint density at radius 3 is 2.31 bits per heavy atom. The summed E-state index contributed by atoms with van der Waals surface area (Å²) >= 11 is 2.28. The summed E-state index contributed by atoms with van der Waals surface area (Å²) in [5, 5.41) is 0. The first-order valence-corrected chi connectivity index (χ1v) is 10.7. The third kappa shape index (κ3) is 6.22. The van der Waals surface area contributed by atoms with Gasteiger partial charge in [0.25, 0.3) is 0 Å². The molecule has 0 saturated carbocycles. The van der Waals surface area contributed by atoms with E-state index in [0.29, 0.717) is 13.2 Å². The standard InChI is InChI=1S/C24H24INO3/c1-3-14-28-24-22(25)15-18(16-23(24)27-4-2)17-26-19-10-12-21(13-11-19)29-20-8-6-5-7-9-20/h5-13,15-17H,3-4,14H2,1-2H3. The van der Waals surface area contributed by atoms with Crippen molar-refractivity contribution in [3.63, 3.8) is 0 Å². The third-order valence-electron chi connectivity index (χ3n) is 3.96. The molecule has 0 fully saturated rings. The van der Waals surface area contributed by atoms with Crippen LogP contribution in [0.25, 0.3) is 0 Å². The molecule has 0 aliphatic rings. The van der Waals surface area contributed by atoms with Crippen LogP contribution in [0, 0.1) is 3.57 Å². The van der Waals surface area contributed by atoms with Gasteiger partial charge in [-0.05, 0) is 90.0 Å². The molecule has 0 N–H and O–H groups in total. The normalized spacial score (nSPS) is 10.9. The van der Waals surface area contributed by atoms with Gasteiger partial charge in [-0.2, -0.15) is 0 Å². The van der Waals surface area contributed by atoms with Crippen molar-refractivity contribution in [1.82, 2.24) is 0 Å². The van der Waals surface area contributed by atoms with Gasteiger partial charge >= 0.3 is 0 Å². The largest absolute Gasteiger partial charge is 0.490 e. The van der Waals surface area contributed by atoms with Gasteiger partial charge in [-0.25, -0.2) is 0 Å². The minimum atomic E-state index is 0.585. The van der Waals surface area contributed by atoms with Crippen molar-refractivity contribution in [3.05, 3.63) is 75.9 Å². The van der Waals surface area contributed by atoms with E-state index in [1.807, 2.05) is 79.9 Å². The van der Waals surface area contributed by atoms with Crippen molar-refractivity contribution >= 4 is 34.5 Å². The molecule has 0 aliphatic carbocycles. The molecule has 150 valence electrons. The first-order valence-electron chi connectivity index (χ1n) is 9.65. The number of ether oxygens (including phenoxy) is 3. The van der Waals surface area contributed by atoms with Crippen LogP contribution in [0.15, 0.2) is 71.7 Å². The van der Waals surface area contributed by atoms with Crippen molar-refractivity contribution < 1.29 is 14.2 Å². The monoisotopic (exact) mass is 501 g/mol. The Morgan fingerprint density at radius 1 is 0.897 bits per heavy atom. The first kappa shape index (κ1) is 21.2. The van der Waals surface area contributed by atoms with Crippen LogP contribution in [0.3, 0.4) is 0 Å². The molecule has 0 heterocycles. The van der Waals surface area contributed by atoms with Gasteiger partial charge in [0, 0.05) is 6.21 Å². The summed E-state index contributed by atoms with van der Waals surface area (Å²) in [7, 11) is 0. The summed E-state index contributed by atoms with van der Waals surface area (Å²) in [6.07, 6.45) is 2.79. The Hall–Kier alpha value is -2.54. The van der Waals surface area contributed by atoms with Crippen LogP contribution in [-0.4, -0.2) is 19.4 Å². The van der Waals surface area contributed by atoms with Gasteiger partial charge < -0.3 is 14.2 Å². The maximum absolute atomic E-state index is 5.86. The number of nitrogens with zero attached hydrogens (tertiary/aromatic N) is 1. The van der Waals surface area contributed by atoms with E-state index in [9.17, 15) is 0 Å². The Bertz CT molecular complexity index is 940. The van der Waals surface area contributed by atoms with E-state index in [2.05, 4.69) is 34.5 Å². The second-order valence-corrected chi connectivity index (χ2v) is 7.44. The highest BCUT2D eigenvalue weighted by Crippen LogP contribution is 2.34. The highest BCUT2D eigenvalue weighted by Gasteiger charge is 2.11. The van der Waals surface area contributed by atoms with Crippen LogP contribution in [0.1, 0.15) is 25.8 Å². The zero-order valence-corrected chi connectivity index (χ0v) is 18.8. The Kier molecular flexibility index (Phi) is 7.93. The molecular formula is C24H24INO3. The summed E-state index contributed by atoms with van der Waals surface area (Å²) in [6.45, 7) is 5.31. The number of para-hydroxylation sites is 1. The Labute approximate surface area is 185 Å². The summed E-state index contributed by atoms with van der Waals surface area (Å²) in [5.74, 6) is 3.14. The van der Waals surface area contributed by atoms with E-state index < -0.39 is 0 Å². The summed E-state index contributed by atoms with van der Waals surface area (Å²) in [4.78, 5) is 4.58. The lowest BCUT2D eigenvalue weighted by Crippen LogP contribution is -2.02. The van der Waals surface area contributed by atoms with Gasteiger partial charge in [0.15, 0.2) is 11.5 Å².